The van der Waals surface area contributed by atoms with Crippen molar-refractivity contribution in [1.82, 2.24) is 0 Å². The number of anilines is 8. The van der Waals surface area contributed by atoms with Gasteiger partial charge in [0, 0.05) is 76.2 Å². The summed E-state index contributed by atoms with van der Waals surface area (Å²) in [5.41, 5.74) is 19.5. The predicted octanol–water partition coefficient (Wildman–Crippen LogP) is 15.4. The molecule has 4 aliphatic rings. The average Bonchev–Trinajstić information content (AvgIpc) is 3.96. The number of furan rings is 1. The number of para-hydroxylation sites is 3. The highest BCUT2D eigenvalue weighted by Gasteiger charge is 2.58. The highest BCUT2D eigenvalue weighted by atomic mass is 32.1. The van der Waals surface area contributed by atoms with Gasteiger partial charge in [0.1, 0.15) is 5.58 Å². The van der Waals surface area contributed by atoms with E-state index >= 15 is 0 Å². The Hall–Kier alpha value is -6.76. The molecule has 2 aromatic heterocycles. The molecule has 5 heterocycles. The molecule has 8 aromatic carbocycles. The van der Waals surface area contributed by atoms with Gasteiger partial charge in [0.15, 0.2) is 5.58 Å². The summed E-state index contributed by atoms with van der Waals surface area (Å²) in [7, 11) is 0. The Kier molecular flexibility index (Phi) is 8.04. The highest BCUT2D eigenvalue weighted by molar-refractivity contribution is 7.25. The topological polar surface area (TPSA) is 22.9 Å². The summed E-state index contributed by atoms with van der Waals surface area (Å²) in [5.74, 6) is 0. The van der Waals surface area contributed by atoms with E-state index in [4.69, 9.17) is 4.42 Å². The molecule has 0 bridgehead atoms. The lowest BCUT2D eigenvalue weighted by molar-refractivity contribution is 0.195. The Morgan fingerprint density at radius 1 is 0.552 bits per heavy atom. The van der Waals surface area contributed by atoms with Crippen molar-refractivity contribution in [3.8, 4) is 0 Å². The van der Waals surface area contributed by atoms with E-state index in [0.29, 0.717) is 0 Å². The van der Waals surface area contributed by atoms with Crippen molar-refractivity contribution in [1.29, 1.82) is 0 Å². The number of hydrogen-bond acceptors (Lipinski definition) is 5. The van der Waals surface area contributed by atoms with Crippen molar-refractivity contribution < 1.29 is 4.42 Å². The van der Waals surface area contributed by atoms with E-state index in [2.05, 4.69) is 214 Å². The van der Waals surface area contributed by atoms with Gasteiger partial charge in [-0.3, -0.25) is 0 Å². The minimum absolute atomic E-state index is 0.0104. The van der Waals surface area contributed by atoms with Crippen LogP contribution in [0.1, 0.15) is 77.0 Å². The Labute approximate surface area is 397 Å². The zero-order chi connectivity index (χ0) is 45.1. The van der Waals surface area contributed by atoms with Gasteiger partial charge >= 0.3 is 0 Å². The summed E-state index contributed by atoms with van der Waals surface area (Å²) in [5, 5.41) is 4.90. The Bertz CT molecular complexity index is 3750. The second-order valence-electron chi connectivity index (χ2n) is 21.3. The molecule has 0 spiro atoms. The summed E-state index contributed by atoms with van der Waals surface area (Å²) in [6.07, 6.45) is 4.84. The van der Waals surface area contributed by atoms with Crippen molar-refractivity contribution in [2.24, 2.45) is 0 Å². The SMILES string of the molecule is Cc1cc2c3c(c1)N(c1cccc4c1oc1ccccc14)c1cc(N4c5ccccc5C5(C)CCCCC45C)ccc1B3c1cc(C(C)(C)C)ccc1N2c1ccc2c(c1)sc1ccccc12. The third kappa shape index (κ3) is 5.31. The quantitative estimate of drug-likeness (QED) is 0.165. The summed E-state index contributed by atoms with van der Waals surface area (Å²) >= 11 is 1.89. The van der Waals surface area contributed by atoms with Gasteiger partial charge in [-0.2, -0.15) is 0 Å². The number of nitrogens with zero attached hydrogens (tertiary/aromatic N) is 3. The molecule has 2 atom stereocenters. The minimum Gasteiger partial charge on any atom is -0.454 e. The van der Waals surface area contributed by atoms with Crippen LogP contribution in [0.15, 0.2) is 162 Å². The maximum Gasteiger partial charge on any atom is 0.252 e. The molecule has 0 saturated heterocycles. The summed E-state index contributed by atoms with van der Waals surface area (Å²) in [6, 6.07) is 60.1. The first-order chi connectivity index (χ1) is 32.5. The van der Waals surface area contributed by atoms with Crippen LogP contribution in [-0.2, 0) is 10.8 Å². The van der Waals surface area contributed by atoms with Crippen molar-refractivity contribution in [3.05, 3.63) is 174 Å². The average molecular weight is 886 g/mol. The fraction of sp³-hybridized carbons (Fsp3) is 0.213. The molecule has 4 nitrogen and oxygen atoms in total. The van der Waals surface area contributed by atoms with Gasteiger partial charge in [-0.25, -0.2) is 0 Å². The zero-order valence-electron chi connectivity index (χ0n) is 39.1. The largest absolute Gasteiger partial charge is 0.454 e. The lowest BCUT2D eigenvalue weighted by Crippen LogP contribution is -2.61. The van der Waals surface area contributed by atoms with E-state index in [9.17, 15) is 0 Å². The van der Waals surface area contributed by atoms with Gasteiger partial charge in [-0.05, 0) is 132 Å². The lowest BCUT2D eigenvalue weighted by Gasteiger charge is -2.50. The van der Waals surface area contributed by atoms with Crippen molar-refractivity contribution >= 4 is 122 Å². The second-order valence-corrected chi connectivity index (χ2v) is 22.4. The molecular weight excluding hydrogens is 834 g/mol. The zero-order valence-corrected chi connectivity index (χ0v) is 39.9. The van der Waals surface area contributed by atoms with E-state index in [0.717, 1.165) is 34.0 Å². The van der Waals surface area contributed by atoms with E-state index in [1.165, 1.54) is 112 Å². The van der Waals surface area contributed by atoms with Crippen molar-refractivity contribution in [2.45, 2.75) is 83.6 Å². The number of hydrogen-bond donors (Lipinski definition) is 0. The van der Waals surface area contributed by atoms with Crippen LogP contribution in [-0.4, -0.2) is 12.3 Å². The van der Waals surface area contributed by atoms with Gasteiger partial charge < -0.3 is 19.1 Å². The van der Waals surface area contributed by atoms with Crippen LogP contribution < -0.4 is 31.1 Å². The van der Waals surface area contributed by atoms with E-state index in [1.807, 2.05) is 11.3 Å². The first-order valence-electron chi connectivity index (χ1n) is 24.2. The van der Waals surface area contributed by atoms with E-state index in [-0.39, 0.29) is 23.1 Å². The fourth-order valence-corrected chi connectivity index (χ4v) is 14.3. The Morgan fingerprint density at radius 2 is 1.27 bits per heavy atom. The molecule has 3 aliphatic heterocycles. The smallest absolute Gasteiger partial charge is 0.252 e. The molecule has 0 N–H and O–H groups in total. The van der Waals surface area contributed by atoms with Crippen LogP contribution in [0.2, 0.25) is 0 Å². The van der Waals surface area contributed by atoms with Crippen LogP contribution >= 0.6 is 11.3 Å². The third-order valence-electron chi connectivity index (χ3n) is 16.6. The van der Waals surface area contributed by atoms with Gasteiger partial charge in [0.25, 0.3) is 6.71 Å². The van der Waals surface area contributed by atoms with Crippen LogP contribution in [0, 0.1) is 6.92 Å². The number of thiophene rings is 1. The van der Waals surface area contributed by atoms with Gasteiger partial charge in [0.2, 0.25) is 0 Å². The first-order valence-corrected chi connectivity index (χ1v) is 25.1. The monoisotopic (exact) mass is 885 g/mol. The molecule has 10 aromatic rings. The molecule has 67 heavy (non-hydrogen) atoms. The van der Waals surface area contributed by atoms with Gasteiger partial charge in [-0.1, -0.05) is 132 Å². The Balaban J connectivity index is 1.07. The van der Waals surface area contributed by atoms with Crippen LogP contribution in [0.3, 0.4) is 0 Å². The van der Waals surface area contributed by atoms with Crippen LogP contribution in [0.4, 0.5) is 45.5 Å². The number of rotatable bonds is 3. The van der Waals surface area contributed by atoms with Crippen molar-refractivity contribution in [3.63, 3.8) is 0 Å². The predicted molar refractivity (Wildman–Crippen MR) is 287 cm³/mol. The summed E-state index contributed by atoms with van der Waals surface area (Å²) in [6.45, 7) is 14.4. The Morgan fingerprint density at radius 3 is 2.13 bits per heavy atom. The van der Waals surface area contributed by atoms with Gasteiger partial charge in [0.05, 0.1) is 11.2 Å². The second kappa shape index (κ2) is 13.7. The number of aryl methyl sites for hydroxylation is 1. The summed E-state index contributed by atoms with van der Waals surface area (Å²) < 4.78 is 9.60. The molecule has 1 saturated carbocycles. The first kappa shape index (κ1) is 39.4. The third-order valence-corrected chi connectivity index (χ3v) is 17.7. The van der Waals surface area contributed by atoms with Gasteiger partial charge in [-0.15, -0.1) is 11.3 Å². The normalized spacial score (nSPS) is 19.6. The molecule has 326 valence electrons. The number of benzene rings is 8. The molecule has 1 aliphatic carbocycles. The summed E-state index contributed by atoms with van der Waals surface area (Å²) in [4.78, 5) is 7.87. The molecule has 0 amide bonds. The fourth-order valence-electron chi connectivity index (χ4n) is 13.1. The van der Waals surface area contributed by atoms with Crippen LogP contribution in [0.5, 0.6) is 0 Å². The van der Waals surface area contributed by atoms with E-state index in [1.54, 1.807) is 0 Å². The maximum absolute atomic E-state index is 6.98. The highest BCUT2D eigenvalue weighted by Crippen LogP contribution is 2.61. The lowest BCUT2D eigenvalue weighted by atomic mass is 9.33. The molecule has 6 heteroatoms. The number of fused-ring (bicyclic) bond motifs is 13. The molecule has 0 radical (unpaired) electrons. The standard InChI is InChI=1S/C61H52BN3OS/c1-37-32-52-57-53(33-37)64(50-21-15-18-44-41-16-7-11-22-54(41)66-58(44)50)51-35-40(65-48-20-10-9-19-45(48)60(5)30-13-14-31-61(60,65)6)26-28-46(51)62(57)47-34-38(59(2,3)4)24-29-49(47)63(52)39-25-27-43-42-17-8-12-23-55(42)67-56(43)36-39/h7-12,15-29,32-36H,13-14,30-31H2,1-6H3. The van der Waals surface area contributed by atoms with Crippen LogP contribution in [0.25, 0.3) is 42.1 Å². The maximum atomic E-state index is 6.98. The molecule has 2 unspecified atom stereocenters. The van der Waals surface area contributed by atoms with Crippen molar-refractivity contribution in [2.75, 3.05) is 14.7 Å². The molecule has 14 rings (SSSR count). The molecule has 1 fully saturated rings. The van der Waals surface area contributed by atoms with E-state index < -0.39 is 0 Å². The molecular formula is C61H52BN3OS. The minimum atomic E-state index is -0.0713.